The van der Waals surface area contributed by atoms with Crippen LogP contribution in [0.15, 0.2) is 46.9 Å². The van der Waals surface area contributed by atoms with E-state index in [1.807, 2.05) is 38.1 Å². The molecule has 2 aromatic carbocycles. The van der Waals surface area contributed by atoms with Crippen LogP contribution >= 0.6 is 27.5 Å². The minimum Gasteiger partial charge on any atom is -0.489 e. The molecule has 0 saturated carbocycles. The van der Waals surface area contributed by atoms with Crippen LogP contribution in [0, 0.1) is 0 Å². The molecule has 0 saturated heterocycles. The fourth-order valence-corrected chi connectivity index (χ4v) is 3.07. The van der Waals surface area contributed by atoms with Gasteiger partial charge in [-0.05, 0) is 56.2 Å². The lowest BCUT2D eigenvalue weighted by atomic mass is 10.0. The third-order valence-electron chi connectivity index (χ3n) is 3.95. The summed E-state index contributed by atoms with van der Waals surface area (Å²) in [5, 5.41) is 3.20. The lowest BCUT2D eigenvalue weighted by molar-refractivity contribution is -0.120. The minimum atomic E-state index is -0.589. The predicted molar refractivity (Wildman–Crippen MR) is 112 cm³/mol. The number of rotatable bonds is 8. The van der Waals surface area contributed by atoms with E-state index in [1.165, 1.54) is 0 Å². The summed E-state index contributed by atoms with van der Waals surface area (Å²) in [6, 6.07) is 12.0. The first-order chi connectivity index (χ1) is 12.8. The van der Waals surface area contributed by atoms with Crippen LogP contribution in [0.5, 0.6) is 5.75 Å². The Hall–Kier alpha value is -1.85. The number of halogens is 2. The van der Waals surface area contributed by atoms with E-state index in [0.717, 1.165) is 10.0 Å². The second kappa shape index (κ2) is 9.90. The molecule has 4 nitrogen and oxygen atoms in total. The van der Waals surface area contributed by atoms with Gasteiger partial charge in [-0.3, -0.25) is 9.59 Å². The van der Waals surface area contributed by atoms with Gasteiger partial charge in [0.1, 0.15) is 5.75 Å². The number of hydrogen-bond acceptors (Lipinski definition) is 3. The topological polar surface area (TPSA) is 55.4 Å². The number of benzene rings is 2. The van der Waals surface area contributed by atoms with Gasteiger partial charge in [0.05, 0.1) is 17.2 Å². The van der Waals surface area contributed by atoms with Crippen LogP contribution in [0.2, 0.25) is 5.02 Å². The van der Waals surface area contributed by atoms with E-state index in [0.29, 0.717) is 29.2 Å². The second-order valence-electron chi connectivity index (χ2n) is 6.49. The van der Waals surface area contributed by atoms with Crippen LogP contribution in [0.25, 0.3) is 0 Å². The van der Waals surface area contributed by atoms with Crippen LogP contribution in [0.3, 0.4) is 0 Å². The van der Waals surface area contributed by atoms with Crippen molar-refractivity contribution in [3.05, 3.63) is 63.1 Å². The largest absolute Gasteiger partial charge is 0.489 e. The van der Waals surface area contributed by atoms with Crippen LogP contribution in [0.1, 0.15) is 43.1 Å². The lowest BCUT2D eigenvalue weighted by Gasteiger charge is -2.18. The molecule has 1 unspecified atom stereocenters. The number of carbonyl (C=O) groups excluding carboxylic acids is 2. The number of carbonyl (C=O) groups is 2. The van der Waals surface area contributed by atoms with Gasteiger partial charge in [-0.25, -0.2) is 0 Å². The molecule has 0 bridgehead atoms. The van der Waals surface area contributed by atoms with Crippen molar-refractivity contribution in [2.45, 2.75) is 45.8 Å². The second-order valence-corrected chi connectivity index (χ2v) is 7.81. The third kappa shape index (κ3) is 6.36. The van der Waals surface area contributed by atoms with Crippen molar-refractivity contribution >= 4 is 39.2 Å². The van der Waals surface area contributed by atoms with E-state index in [4.69, 9.17) is 16.3 Å². The molecule has 0 spiro atoms. The summed E-state index contributed by atoms with van der Waals surface area (Å²) in [5.74, 6) is 0.174. The van der Waals surface area contributed by atoms with E-state index < -0.39 is 6.04 Å². The highest BCUT2D eigenvalue weighted by atomic mass is 79.9. The lowest BCUT2D eigenvalue weighted by Crippen LogP contribution is -2.42. The molecular formula is C21H23BrClNO3. The smallest absolute Gasteiger partial charge is 0.251 e. The van der Waals surface area contributed by atoms with Crippen molar-refractivity contribution in [3.8, 4) is 5.75 Å². The Morgan fingerprint density at radius 2 is 1.81 bits per heavy atom. The van der Waals surface area contributed by atoms with Gasteiger partial charge in [0.25, 0.3) is 5.91 Å². The van der Waals surface area contributed by atoms with Crippen molar-refractivity contribution < 1.29 is 14.3 Å². The Labute approximate surface area is 173 Å². The number of Topliss-reactive ketones (excluding diaryl/α,β-unsaturated/α-hetero) is 1. The molecule has 27 heavy (non-hydrogen) atoms. The fourth-order valence-electron chi connectivity index (χ4n) is 2.58. The summed E-state index contributed by atoms with van der Waals surface area (Å²) in [6.07, 6.45) is 0.775. The van der Waals surface area contributed by atoms with Gasteiger partial charge in [-0.15, -0.1) is 0 Å². The highest BCUT2D eigenvalue weighted by molar-refractivity contribution is 9.10. The molecule has 0 aliphatic rings. The van der Waals surface area contributed by atoms with Crippen LogP contribution in [-0.4, -0.2) is 23.8 Å². The van der Waals surface area contributed by atoms with Gasteiger partial charge in [-0.2, -0.15) is 0 Å². The average molecular weight is 453 g/mol. The summed E-state index contributed by atoms with van der Waals surface area (Å²) >= 11 is 9.61. The van der Waals surface area contributed by atoms with Gasteiger partial charge >= 0.3 is 0 Å². The third-order valence-corrected chi connectivity index (χ3v) is 4.78. The molecule has 6 heteroatoms. The van der Waals surface area contributed by atoms with E-state index in [9.17, 15) is 9.59 Å². The molecule has 0 heterocycles. The summed E-state index contributed by atoms with van der Waals surface area (Å²) in [4.78, 5) is 25.0. The number of ketones is 1. The van der Waals surface area contributed by atoms with E-state index >= 15 is 0 Å². The molecule has 0 fully saturated rings. The fraction of sp³-hybridized carbons (Fsp3) is 0.333. The quantitative estimate of drug-likeness (QED) is 0.598. The standard InChI is InChI=1S/C21H23BrClNO3/c1-4-19(25)18(11-14-5-8-16(22)9-6-14)24-21(26)15-7-10-20(17(23)12-15)27-13(2)3/h5-10,12-13,18H,4,11H2,1-3H3,(H,24,26). The zero-order valence-electron chi connectivity index (χ0n) is 15.6. The molecule has 1 amide bonds. The molecule has 0 aliphatic heterocycles. The van der Waals surface area contributed by atoms with Gasteiger partial charge in [0.2, 0.25) is 0 Å². The number of hydrogen-bond donors (Lipinski definition) is 1. The molecule has 0 radical (unpaired) electrons. The van der Waals surface area contributed by atoms with Gasteiger partial charge < -0.3 is 10.1 Å². The van der Waals surface area contributed by atoms with Crippen molar-refractivity contribution in [1.29, 1.82) is 0 Å². The van der Waals surface area contributed by atoms with Crippen molar-refractivity contribution in [2.75, 3.05) is 0 Å². The van der Waals surface area contributed by atoms with E-state index in [2.05, 4.69) is 21.2 Å². The van der Waals surface area contributed by atoms with Crippen molar-refractivity contribution in [2.24, 2.45) is 0 Å². The molecule has 2 aromatic rings. The van der Waals surface area contributed by atoms with Crippen LogP contribution in [-0.2, 0) is 11.2 Å². The molecule has 0 aromatic heterocycles. The van der Waals surface area contributed by atoms with Crippen LogP contribution < -0.4 is 10.1 Å². The van der Waals surface area contributed by atoms with E-state index in [-0.39, 0.29) is 17.8 Å². The number of nitrogens with one attached hydrogen (secondary N) is 1. The molecule has 1 N–H and O–H groups in total. The van der Waals surface area contributed by atoms with Gasteiger partial charge in [0, 0.05) is 16.5 Å². The first-order valence-corrected chi connectivity index (χ1v) is 10.0. The predicted octanol–water partition coefficient (Wildman–Crippen LogP) is 5.21. The summed E-state index contributed by atoms with van der Waals surface area (Å²) in [7, 11) is 0. The Bertz CT molecular complexity index is 806. The van der Waals surface area contributed by atoms with E-state index in [1.54, 1.807) is 25.1 Å². The summed E-state index contributed by atoms with van der Waals surface area (Å²) in [5.41, 5.74) is 1.37. The minimum absolute atomic E-state index is 0.0142. The molecular weight excluding hydrogens is 430 g/mol. The Balaban J connectivity index is 2.14. The normalized spacial score (nSPS) is 11.9. The van der Waals surface area contributed by atoms with Crippen molar-refractivity contribution in [3.63, 3.8) is 0 Å². The average Bonchev–Trinajstić information content (AvgIpc) is 2.63. The maximum absolute atomic E-state index is 12.6. The number of ether oxygens (including phenoxy) is 1. The first kappa shape index (κ1) is 21.5. The summed E-state index contributed by atoms with van der Waals surface area (Å²) in [6.45, 7) is 5.60. The Kier molecular flexibility index (Phi) is 7.87. The number of amides is 1. The maximum atomic E-state index is 12.6. The highest BCUT2D eigenvalue weighted by Crippen LogP contribution is 2.26. The molecule has 1 atom stereocenters. The summed E-state index contributed by atoms with van der Waals surface area (Å²) < 4.78 is 6.55. The zero-order chi connectivity index (χ0) is 20.0. The van der Waals surface area contributed by atoms with Crippen LogP contribution in [0.4, 0.5) is 0 Å². The first-order valence-electron chi connectivity index (χ1n) is 8.84. The molecule has 2 rings (SSSR count). The zero-order valence-corrected chi connectivity index (χ0v) is 17.9. The Morgan fingerprint density at radius 3 is 2.37 bits per heavy atom. The van der Waals surface area contributed by atoms with Crippen molar-refractivity contribution in [1.82, 2.24) is 5.32 Å². The van der Waals surface area contributed by atoms with Gasteiger partial charge in [0.15, 0.2) is 5.78 Å². The maximum Gasteiger partial charge on any atom is 0.251 e. The monoisotopic (exact) mass is 451 g/mol. The Morgan fingerprint density at radius 1 is 1.15 bits per heavy atom. The van der Waals surface area contributed by atoms with Gasteiger partial charge in [-0.1, -0.05) is 46.6 Å². The molecule has 0 aliphatic carbocycles. The SMILES string of the molecule is CCC(=O)C(Cc1ccc(Br)cc1)NC(=O)c1ccc(OC(C)C)c(Cl)c1. The molecule has 144 valence electrons. The highest BCUT2D eigenvalue weighted by Gasteiger charge is 2.21.